The molecule has 4 heterocycles. The Bertz CT molecular complexity index is 1360. The standard InChI is InChI=1S/C23H33N7O9/c1-21(2,3)38-19(35)29-8-7-12(30(29)20(36)39-22(4,5)6)23(15(33)14(32)11(9-31)37-23)28-10-25-13-16(28)26-18(24)27-17(13)34/h7-8,10-12,14-15,31-33H,9H2,1-6H3,(H3,24,26,27,34)/t11-,12?,14-,15-,23-/m1/s1. The van der Waals surface area contributed by atoms with Crippen LogP contribution < -0.4 is 11.3 Å². The summed E-state index contributed by atoms with van der Waals surface area (Å²) in [6, 6.07) is -1.43. The van der Waals surface area contributed by atoms with Gasteiger partial charge in [0.25, 0.3) is 5.56 Å². The molecule has 0 aliphatic carbocycles. The lowest BCUT2D eigenvalue weighted by atomic mass is 9.94. The Labute approximate surface area is 222 Å². The summed E-state index contributed by atoms with van der Waals surface area (Å²) < 4.78 is 18.2. The summed E-state index contributed by atoms with van der Waals surface area (Å²) >= 11 is 0. The lowest BCUT2D eigenvalue weighted by Crippen LogP contribution is -2.63. The number of carbonyl (C=O) groups excluding carboxylic acids is 2. The maximum Gasteiger partial charge on any atom is 0.433 e. The largest absolute Gasteiger partial charge is 0.442 e. The number of carbonyl (C=O) groups is 2. The molecule has 0 saturated carbocycles. The van der Waals surface area contributed by atoms with Crippen LogP contribution >= 0.6 is 0 Å². The van der Waals surface area contributed by atoms with Crippen molar-refractivity contribution in [2.45, 2.75) is 82.8 Å². The van der Waals surface area contributed by atoms with Crippen LogP contribution in [-0.4, -0.2) is 99.2 Å². The highest BCUT2D eigenvalue weighted by molar-refractivity contribution is 5.77. The van der Waals surface area contributed by atoms with Gasteiger partial charge in [-0.05, 0) is 47.6 Å². The van der Waals surface area contributed by atoms with E-state index in [0.717, 1.165) is 20.9 Å². The molecule has 2 aromatic heterocycles. The molecule has 5 atom stereocenters. The maximum absolute atomic E-state index is 13.6. The second-order valence-corrected chi connectivity index (χ2v) is 11.2. The molecule has 2 aromatic rings. The summed E-state index contributed by atoms with van der Waals surface area (Å²) in [6.45, 7) is 9.04. The molecule has 2 aliphatic heterocycles. The zero-order chi connectivity index (χ0) is 29.1. The number of nitrogens with one attached hydrogen (secondary N) is 1. The van der Waals surface area contributed by atoms with Crippen LogP contribution in [0.4, 0.5) is 15.5 Å². The van der Waals surface area contributed by atoms with E-state index < -0.39 is 65.6 Å². The van der Waals surface area contributed by atoms with Crippen LogP contribution in [0.5, 0.6) is 0 Å². The van der Waals surface area contributed by atoms with Crippen LogP contribution in [0.1, 0.15) is 41.5 Å². The van der Waals surface area contributed by atoms with Crippen molar-refractivity contribution < 1.29 is 39.1 Å². The Balaban J connectivity index is 1.94. The van der Waals surface area contributed by atoms with Crippen LogP contribution in [-0.2, 0) is 19.9 Å². The third-order valence-electron chi connectivity index (χ3n) is 5.94. The summed E-state index contributed by atoms with van der Waals surface area (Å²) in [7, 11) is 0. The molecule has 0 bridgehead atoms. The first-order chi connectivity index (χ1) is 18.0. The monoisotopic (exact) mass is 551 g/mol. The van der Waals surface area contributed by atoms with Crippen molar-refractivity contribution in [3.63, 3.8) is 0 Å². The number of nitrogens with zero attached hydrogens (tertiary/aromatic N) is 5. The molecule has 4 rings (SSSR count). The van der Waals surface area contributed by atoms with E-state index >= 15 is 0 Å². The molecular formula is C23H33N7O9. The molecule has 39 heavy (non-hydrogen) atoms. The number of rotatable bonds is 3. The third-order valence-corrected chi connectivity index (χ3v) is 5.94. The van der Waals surface area contributed by atoms with Gasteiger partial charge in [0, 0.05) is 6.20 Å². The van der Waals surface area contributed by atoms with E-state index in [9.17, 15) is 29.7 Å². The van der Waals surface area contributed by atoms with E-state index in [4.69, 9.17) is 19.9 Å². The second kappa shape index (κ2) is 9.48. The number of fused-ring (bicyclic) bond motifs is 1. The van der Waals surface area contributed by atoms with Gasteiger partial charge in [-0.3, -0.25) is 14.3 Å². The Hall–Kier alpha value is -3.73. The molecule has 1 unspecified atom stereocenters. The number of hydrogen-bond acceptors (Lipinski definition) is 12. The van der Waals surface area contributed by atoms with Crippen LogP contribution in [0.25, 0.3) is 11.2 Å². The number of aromatic nitrogens is 4. The van der Waals surface area contributed by atoms with Gasteiger partial charge in [0.1, 0.15) is 35.6 Å². The number of ether oxygens (including phenoxy) is 3. The molecule has 2 amide bonds. The summed E-state index contributed by atoms with van der Waals surface area (Å²) in [4.78, 5) is 49.8. The number of aliphatic hydroxyl groups is 3. The fourth-order valence-electron chi connectivity index (χ4n) is 4.48. The number of aliphatic hydroxyl groups excluding tert-OH is 3. The number of aromatic amines is 1. The molecule has 0 spiro atoms. The van der Waals surface area contributed by atoms with Crippen molar-refractivity contribution >= 4 is 29.3 Å². The number of H-pyrrole nitrogens is 1. The number of hydrogen-bond donors (Lipinski definition) is 5. The quantitative estimate of drug-likeness (QED) is 0.333. The Morgan fingerprint density at radius 3 is 2.33 bits per heavy atom. The third kappa shape index (κ3) is 4.91. The van der Waals surface area contributed by atoms with E-state index in [1.807, 2.05) is 0 Å². The number of nitrogen functional groups attached to an aromatic ring is 1. The van der Waals surface area contributed by atoms with E-state index in [-0.39, 0.29) is 17.1 Å². The van der Waals surface area contributed by atoms with Crippen LogP contribution in [0.3, 0.4) is 0 Å². The minimum atomic E-state index is -2.20. The topological polar surface area (TPSA) is 219 Å². The first-order valence-corrected chi connectivity index (χ1v) is 12.1. The first-order valence-electron chi connectivity index (χ1n) is 12.1. The molecule has 6 N–H and O–H groups in total. The van der Waals surface area contributed by atoms with Crippen molar-refractivity contribution in [3.05, 3.63) is 29.0 Å². The number of hydrazine groups is 1. The number of nitrogens with two attached hydrogens (primary N) is 1. The molecule has 16 heteroatoms. The van der Waals surface area contributed by atoms with Gasteiger partial charge < -0.3 is 35.3 Å². The van der Waals surface area contributed by atoms with Gasteiger partial charge in [0.2, 0.25) is 11.7 Å². The van der Waals surface area contributed by atoms with Crippen molar-refractivity contribution in [1.82, 2.24) is 29.5 Å². The highest BCUT2D eigenvalue weighted by Crippen LogP contribution is 2.44. The van der Waals surface area contributed by atoms with E-state index in [1.165, 1.54) is 12.3 Å². The van der Waals surface area contributed by atoms with Crippen LogP contribution in [0.2, 0.25) is 0 Å². The SMILES string of the molecule is CC(C)(C)OC(=O)N1C=CC([C@@]2(n3cnc4c(=O)[nH]c(N)nc43)O[C@H](CO)[C@@H](O)[C@H]2O)N1C(=O)OC(C)(C)C. The molecular weight excluding hydrogens is 518 g/mol. The summed E-state index contributed by atoms with van der Waals surface area (Å²) in [6.07, 6.45) is -3.19. The van der Waals surface area contributed by atoms with Crippen molar-refractivity contribution in [2.24, 2.45) is 0 Å². The second-order valence-electron chi connectivity index (χ2n) is 11.2. The highest BCUT2D eigenvalue weighted by Gasteiger charge is 2.64. The fourth-order valence-corrected chi connectivity index (χ4v) is 4.48. The van der Waals surface area contributed by atoms with Gasteiger partial charge in [-0.1, -0.05) is 0 Å². The molecule has 1 saturated heterocycles. The molecule has 0 aromatic carbocycles. The average Bonchev–Trinajstić information content (AvgIpc) is 3.48. The van der Waals surface area contributed by atoms with Gasteiger partial charge in [-0.25, -0.2) is 14.6 Å². The van der Waals surface area contributed by atoms with Crippen molar-refractivity contribution in [2.75, 3.05) is 12.3 Å². The van der Waals surface area contributed by atoms with Gasteiger partial charge in [0.05, 0.1) is 12.9 Å². The number of amides is 2. The van der Waals surface area contributed by atoms with E-state index in [1.54, 1.807) is 41.5 Å². The van der Waals surface area contributed by atoms with Crippen molar-refractivity contribution in [3.8, 4) is 0 Å². The smallest absolute Gasteiger partial charge is 0.433 e. The van der Waals surface area contributed by atoms with Crippen LogP contribution in [0, 0.1) is 0 Å². The van der Waals surface area contributed by atoms with Gasteiger partial charge in [0.15, 0.2) is 11.2 Å². The Morgan fingerprint density at radius 1 is 1.15 bits per heavy atom. The summed E-state index contributed by atoms with van der Waals surface area (Å²) in [5.41, 5.74) is 0.579. The maximum atomic E-state index is 13.6. The predicted octanol–water partition coefficient (Wildman–Crippen LogP) is -0.247. The van der Waals surface area contributed by atoms with Gasteiger partial charge >= 0.3 is 12.2 Å². The zero-order valence-corrected chi connectivity index (χ0v) is 22.4. The van der Waals surface area contributed by atoms with Crippen LogP contribution in [0.15, 0.2) is 23.4 Å². The van der Waals surface area contributed by atoms with E-state index in [2.05, 4.69) is 15.0 Å². The minimum absolute atomic E-state index is 0.158. The highest BCUT2D eigenvalue weighted by atomic mass is 16.6. The first kappa shape index (κ1) is 28.3. The molecule has 0 radical (unpaired) electrons. The lowest BCUT2D eigenvalue weighted by Gasteiger charge is -2.43. The molecule has 214 valence electrons. The van der Waals surface area contributed by atoms with Gasteiger partial charge in [-0.15, -0.1) is 0 Å². The fraction of sp³-hybridized carbons (Fsp3) is 0.609. The lowest BCUT2D eigenvalue weighted by molar-refractivity contribution is -0.188. The van der Waals surface area contributed by atoms with E-state index in [0.29, 0.717) is 0 Å². The molecule has 2 aliphatic rings. The van der Waals surface area contributed by atoms with Gasteiger partial charge in [-0.2, -0.15) is 15.0 Å². The van der Waals surface area contributed by atoms with Crippen molar-refractivity contribution in [1.29, 1.82) is 0 Å². The zero-order valence-electron chi connectivity index (χ0n) is 22.4. The average molecular weight is 552 g/mol. The molecule has 1 fully saturated rings. The molecule has 16 nitrogen and oxygen atoms in total. The summed E-state index contributed by atoms with van der Waals surface area (Å²) in [5.74, 6) is -0.280. The Kier molecular flexibility index (Phi) is 6.87. The normalized spacial score (nSPS) is 27.4. The summed E-state index contributed by atoms with van der Waals surface area (Å²) in [5, 5.41) is 33.9. The predicted molar refractivity (Wildman–Crippen MR) is 134 cm³/mol. The number of imidazole rings is 1. The minimum Gasteiger partial charge on any atom is -0.442 e. The Morgan fingerprint density at radius 2 is 1.77 bits per heavy atom. The number of anilines is 1.